The summed E-state index contributed by atoms with van der Waals surface area (Å²) in [5, 5.41) is 0.869. The van der Waals surface area contributed by atoms with Crippen molar-refractivity contribution in [3.63, 3.8) is 0 Å². The Morgan fingerprint density at radius 3 is 2.89 bits per heavy atom. The van der Waals surface area contributed by atoms with Gasteiger partial charge in [0.05, 0.1) is 16.5 Å². The molecule has 6 heteroatoms. The number of fused-ring (bicyclic) bond motifs is 1. The van der Waals surface area contributed by atoms with Gasteiger partial charge in [-0.15, -0.1) is 0 Å². The maximum absolute atomic E-state index is 11.9. The van der Waals surface area contributed by atoms with Crippen molar-refractivity contribution < 1.29 is 13.9 Å². The highest BCUT2D eigenvalue weighted by atomic mass is 79.9. The van der Waals surface area contributed by atoms with Crippen molar-refractivity contribution in [1.82, 2.24) is 0 Å². The van der Waals surface area contributed by atoms with E-state index < -0.39 is 0 Å². The molecule has 0 bridgehead atoms. The lowest BCUT2D eigenvalue weighted by Gasteiger charge is -2.04. The fourth-order valence-corrected chi connectivity index (χ4v) is 2.45. The molecule has 4 nitrogen and oxygen atoms in total. The van der Waals surface area contributed by atoms with Crippen LogP contribution in [0.25, 0.3) is 11.0 Å². The summed E-state index contributed by atoms with van der Waals surface area (Å²) in [6.45, 7) is 0.526. The SMILES string of the molecule is O=COCCc1cc(=O)c2cc(Cl)cc(Br)c2o1. The van der Waals surface area contributed by atoms with Gasteiger partial charge in [0.2, 0.25) is 0 Å². The highest BCUT2D eigenvalue weighted by Gasteiger charge is 2.09. The Balaban J connectivity index is 2.48. The van der Waals surface area contributed by atoms with Crippen LogP contribution in [-0.4, -0.2) is 13.1 Å². The monoisotopic (exact) mass is 330 g/mol. The molecular formula is C12H8BrClO4. The van der Waals surface area contributed by atoms with E-state index in [0.717, 1.165) is 0 Å². The van der Waals surface area contributed by atoms with E-state index in [2.05, 4.69) is 20.7 Å². The van der Waals surface area contributed by atoms with E-state index in [9.17, 15) is 9.59 Å². The Kier molecular flexibility index (Phi) is 4.04. The largest absolute Gasteiger partial charge is 0.467 e. The van der Waals surface area contributed by atoms with E-state index in [0.29, 0.717) is 39.1 Å². The van der Waals surface area contributed by atoms with Crippen LogP contribution in [0.15, 0.2) is 31.9 Å². The standard InChI is InChI=1S/C12H8BrClO4/c13-10-4-7(14)3-9-11(16)5-8(18-12(9)10)1-2-17-6-15/h3-6H,1-2H2. The van der Waals surface area contributed by atoms with Crippen molar-refractivity contribution in [3.8, 4) is 0 Å². The molecule has 0 aliphatic carbocycles. The van der Waals surface area contributed by atoms with Gasteiger partial charge in [0.15, 0.2) is 11.0 Å². The lowest BCUT2D eigenvalue weighted by molar-refractivity contribution is -0.128. The molecule has 2 aromatic rings. The van der Waals surface area contributed by atoms with Gasteiger partial charge in [-0.25, -0.2) is 0 Å². The second kappa shape index (κ2) is 5.54. The Morgan fingerprint density at radius 1 is 1.39 bits per heavy atom. The molecule has 1 aromatic carbocycles. The lowest BCUT2D eigenvalue weighted by atomic mass is 10.2. The van der Waals surface area contributed by atoms with E-state index >= 15 is 0 Å². The number of hydrogen-bond acceptors (Lipinski definition) is 4. The molecule has 0 spiro atoms. The highest BCUT2D eigenvalue weighted by molar-refractivity contribution is 9.10. The second-order valence-corrected chi connectivity index (χ2v) is 4.85. The third-order valence-electron chi connectivity index (χ3n) is 2.33. The molecule has 0 saturated carbocycles. The van der Waals surface area contributed by atoms with Gasteiger partial charge in [0.25, 0.3) is 6.47 Å². The van der Waals surface area contributed by atoms with Gasteiger partial charge in [0.1, 0.15) is 5.76 Å². The summed E-state index contributed by atoms with van der Waals surface area (Å²) in [5.41, 5.74) is 0.258. The van der Waals surface area contributed by atoms with Crippen LogP contribution in [-0.2, 0) is 16.0 Å². The van der Waals surface area contributed by atoms with E-state index in [1.807, 2.05) is 0 Å². The van der Waals surface area contributed by atoms with Crippen LogP contribution in [0.3, 0.4) is 0 Å². The predicted octanol–water partition coefficient (Wildman–Crippen LogP) is 2.92. The van der Waals surface area contributed by atoms with Crippen molar-refractivity contribution in [1.29, 1.82) is 0 Å². The van der Waals surface area contributed by atoms with Crippen LogP contribution in [0.1, 0.15) is 5.76 Å². The number of carbonyl (C=O) groups excluding carboxylic acids is 1. The first-order valence-electron chi connectivity index (χ1n) is 5.09. The molecule has 0 unspecified atom stereocenters. The summed E-state index contributed by atoms with van der Waals surface area (Å²) < 4.78 is 10.7. The number of hydrogen-bond donors (Lipinski definition) is 0. The minimum atomic E-state index is -0.180. The first-order valence-corrected chi connectivity index (χ1v) is 6.26. The first-order chi connectivity index (χ1) is 8.61. The van der Waals surface area contributed by atoms with Crippen LogP contribution in [0.2, 0.25) is 5.02 Å². The number of benzene rings is 1. The van der Waals surface area contributed by atoms with Crippen molar-refractivity contribution in [2.24, 2.45) is 0 Å². The molecule has 0 saturated heterocycles. The van der Waals surface area contributed by atoms with Crippen LogP contribution in [0, 0.1) is 0 Å². The zero-order valence-electron chi connectivity index (χ0n) is 9.11. The maximum atomic E-state index is 11.9. The molecule has 0 aliphatic heterocycles. The van der Waals surface area contributed by atoms with Crippen molar-refractivity contribution >= 4 is 45.0 Å². The molecule has 1 heterocycles. The maximum Gasteiger partial charge on any atom is 0.293 e. The first kappa shape index (κ1) is 13.1. The molecule has 94 valence electrons. The predicted molar refractivity (Wildman–Crippen MR) is 70.9 cm³/mol. The molecular weight excluding hydrogens is 323 g/mol. The fraction of sp³-hybridized carbons (Fsp3) is 0.167. The molecule has 0 atom stereocenters. The Morgan fingerprint density at radius 2 is 2.17 bits per heavy atom. The summed E-state index contributed by atoms with van der Waals surface area (Å²) in [6.07, 6.45) is 0.346. The summed E-state index contributed by atoms with van der Waals surface area (Å²) in [4.78, 5) is 21.9. The van der Waals surface area contributed by atoms with Gasteiger partial charge < -0.3 is 9.15 Å². The van der Waals surface area contributed by atoms with Crippen LogP contribution in [0.4, 0.5) is 0 Å². The number of carbonyl (C=O) groups is 1. The van der Waals surface area contributed by atoms with Crippen molar-refractivity contribution in [3.05, 3.63) is 43.7 Å². The number of halogens is 2. The van der Waals surface area contributed by atoms with Crippen LogP contribution >= 0.6 is 27.5 Å². The summed E-state index contributed by atoms with van der Waals surface area (Å²) in [5.74, 6) is 0.456. The summed E-state index contributed by atoms with van der Waals surface area (Å²) in [7, 11) is 0. The topological polar surface area (TPSA) is 56.5 Å². The Hall–Kier alpha value is -1.33. The third kappa shape index (κ3) is 2.73. The van der Waals surface area contributed by atoms with Crippen LogP contribution < -0.4 is 5.43 Å². The van der Waals surface area contributed by atoms with Crippen molar-refractivity contribution in [2.45, 2.75) is 6.42 Å². The average molecular weight is 332 g/mol. The summed E-state index contributed by atoms with van der Waals surface area (Å²) in [6, 6.07) is 4.58. The van der Waals surface area contributed by atoms with Gasteiger partial charge in [-0.2, -0.15) is 0 Å². The molecule has 1 aromatic heterocycles. The minimum absolute atomic E-state index is 0.170. The lowest BCUT2D eigenvalue weighted by Crippen LogP contribution is -2.05. The van der Waals surface area contributed by atoms with Crippen LogP contribution in [0.5, 0.6) is 0 Å². The zero-order valence-corrected chi connectivity index (χ0v) is 11.5. The second-order valence-electron chi connectivity index (χ2n) is 3.56. The molecule has 2 rings (SSSR count). The molecule has 0 N–H and O–H groups in total. The molecule has 18 heavy (non-hydrogen) atoms. The summed E-state index contributed by atoms with van der Waals surface area (Å²) >= 11 is 9.16. The molecule has 0 fully saturated rings. The van der Waals surface area contributed by atoms with E-state index in [-0.39, 0.29) is 12.0 Å². The smallest absolute Gasteiger partial charge is 0.293 e. The normalized spacial score (nSPS) is 10.6. The number of rotatable bonds is 4. The fourth-order valence-electron chi connectivity index (χ4n) is 1.56. The Bertz CT molecular complexity index is 650. The molecule has 0 radical (unpaired) electrons. The van der Waals surface area contributed by atoms with Gasteiger partial charge in [0, 0.05) is 17.5 Å². The molecule has 0 aliphatic rings. The van der Waals surface area contributed by atoms with Gasteiger partial charge in [-0.1, -0.05) is 11.6 Å². The quantitative estimate of drug-likeness (QED) is 0.638. The minimum Gasteiger partial charge on any atom is -0.467 e. The van der Waals surface area contributed by atoms with Gasteiger partial charge >= 0.3 is 0 Å². The van der Waals surface area contributed by atoms with E-state index in [1.54, 1.807) is 12.1 Å². The zero-order chi connectivity index (χ0) is 13.1. The van der Waals surface area contributed by atoms with E-state index in [1.165, 1.54) is 6.07 Å². The Labute approximate surface area is 116 Å². The van der Waals surface area contributed by atoms with Crippen molar-refractivity contribution in [2.75, 3.05) is 6.61 Å². The molecule has 0 amide bonds. The van der Waals surface area contributed by atoms with Gasteiger partial charge in [-0.3, -0.25) is 9.59 Å². The number of ether oxygens (including phenoxy) is 1. The van der Waals surface area contributed by atoms with Gasteiger partial charge in [-0.05, 0) is 28.1 Å². The average Bonchev–Trinajstić information content (AvgIpc) is 2.31. The highest BCUT2D eigenvalue weighted by Crippen LogP contribution is 2.27. The third-order valence-corrected chi connectivity index (χ3v) is 3.14. The van der Waals surface area contributed by atoms with E-state index in [4.69, 9.17) is 16.0 Å².